The highest BCUT2D eigenvalue weighted by Crippen LogP contribution is 2.25. The molecular weight excluding hydrogens is 342 g/mol. The summed E-state index contributed by atoms with van der Waals surface area (Å²) in [5, 5.41) is 2.97. The Morgan fingerprint density at radius 2 is 1.93 bits per heavy atom. The Morgan fingerprint density at radius 1 is 1.15 bits per heavy atom. The lowest BCUT2D eigenvalue weighted by Gasteiger charge is -2.21. The molecule has 0 radical (unpaired) electrons. The third-order valence-corrected chi connectivity index (χ3v) is 4.64. The van der Waals surface area contributed by atoms with E-state index in [1.165, 1.54) is 0 Å². The van der Waals surface area contributed by atoms with Crippen molar-refractivity contribution in [2.75, 3.05) is 20.2 Å². The molecule has 27 heavy (non-hydrogen) atoms. The normalized spacial score (nSPS) is 13.2. The predicted octanol–water partition coefficient (Wildman–Crippen LogP) is 2.77. The highest BCUT2D eigenvalue weighted by molar-refractivity contribution is 5.74. The molecule has 0 bridgehead atoms. The number of fused-ring (bicyclic) bond motifs is 1. The minimum atomic E-state index is -0.110. The standard InChI is InChI=1S/C21H25N3O3/c1-16(25)23(2)14-18-8-9-20-19(12-18)15-24(10-11-27-20)21(26)22-13-17-6-4-3-5-7-17/h3-9,12H,10-11,13-15H2,1-2H3,(H,22,26). The zero-order valence-electron chi connectivity index (χ0n) is 15.8. The molecule has 6 heteroatoms. The quantitative estimate of drug-likeness (QED) is 0.904. The van der Waals surface area contributed by atoms with Crippen molar-refractivity contribution in [2.45, 2.75) is 26.6 Å². The highest BCUT2D eigenvalue weighted by Gasteiger charge is 2.20. The Hall–Kier alpha value is -3.02. The van der Waals surface area contributed by atoms with E-state index in [1.807, 2.05) is 48.5 Å². The maximum atomic E-state index is 12.6. The topological polar surface area (TPSA) is 61.9 Å². The number of nitrogens with one attached hydrogen (secondary N) is 1. The van der Waals surface area contributed by atoms with Crippen LogP contribution in [0.1, 0.15) is 23.6 Å². The molecule has 0 saturated heterocycles. The van der Waals surface area contributed by atoms with Crippen molar-refractivity contribution in [3.8, 4) is 5.75 Å². The number of carbonyl (C=O) groups is 2. The van der Waals surface area contributed by atoms with Crippen molar-refractivity contribution >= 4 is 11.9 Å². The van der Waals surface area contributed by atoms with E-state index in [9.17, 15) is 9.59 Å². The largest absolute Gasteiger partial charge is 0.491 e. The van der Waals surface area contributed by atoms with Crippen molar-refractivity contribution in [3.05, 3.63) is 65.2 Å². The van der Waals surface area contributed by atoms with Crippen molar-refractivity contribution in [2.24, 2.45) is 0 Å². The molecule has 0 saturated carbocycles. The van der Waals surface area contributed by atoms with Gasteiger partial charge in [0.05, 0.1) is 13.1 Å². The number of hydrogen-bond acceptors (Lipinski definition) is 3. The van der Waals surface area contributed by atoms with Gasteiger partial charge in [-0.05, 0) is 23.3 Å². The van der Waals surface area contributed by atoms with E-state index in [-0.39, 0.29) is 11.9 Å². The zero-order chi connectivity index (χ0) is 19.2. The molecule has 1 heterocycles. The fourth-order valence-corrected chi connectivity index (χ4v) is 2.99. The molecule has 0 atom stereocenters. The molecule has 0 aromatic heterocycles. The van der Waals surface area contributed by atoms with Crippen molar-refractivity contribution in [1.82, 2.24) is 15.1 Å². The number of nitrogens with zero attached hydrogens (tertiary/aromatic N) is 2. The average Bonchev–Trinajstić information content (AvgIpc) is 2.89. The molecule has 142 valence electrons. The van der Waals surface area contributed by atoms with Gasteiger partial charge >= 0.3 is 6.03 Å². The van der Waals surface area contributed by atoms with E-state index in [0.29, 0.717) is 32.8 Å². The Labute approximate surface area is 159 Å². The average molecular weight is 367 g/mol. The summed E-state index contributed by atoms with van der Waals surface area (Å²) in [7, 11) is 1.77. The number of amides is 3. The SMILES string of the molecule is CC(=O)N(C)Cc1ccc2c(c1)CN(C(=O)NCc1ccccc1)CCO2. The van der Waals surface area contributed by atoms with Gasteiger partial charge in [0.1, 0.15) is 12.4 Å². The maximum absolute atomic E-state index is 12.6. The fourth-order valence-electron chi connectivity index (χ4n) is 2.99. The molecule has 6 nitrogen and oxygen atoms in total. The van der Waals surface area contributed by atoms with E-state index in [2.05, 4.69) is 5.32 Å². The van der Waals surface area contributed by atoms with Crippen LogP contribution in [0.2, 0.25) is 0 Å². The van der Waals surface area contributed by atoms with Crippen LogP contribution in [0.4, 0.5) is 4.79 Å². The molecule has 1 N–H and O–H groups in total. The number of benzene rings is 2. The van der Waals surface area contributed by atoms with Crippen molar-refractivity contribution < 1.29 is 14.3 Å². The molecule has 2 aromatic rings. The van der Waals surface area contributed by atoms with Gasteiger partial charge in [-0.3, -0.25) is 4.79 Å². The van der Waals surface area contributed by atoms with Gasteiger partial charge in [-0.1, -0.05) is 36.4 Å². The van der Waals surface area contributed by atoms with Gasteiger partial charge < -0.3 is 19.9 Å². The van der Waals surface area contributed by atoms with E-state index < -0.39 is 0 Å². The maximum Gasteiger partial charge on any atom is 0.318 e. The van der Waals surface area contributed by atoms with E-state index in [4.69, 9.17) is 4.74 Å². The first-order valence-corrected chi connectivity index (χ1v) is 9.06. The summed E-state index contributed by atoms with van der Waals surface area (Å²) in [5.74, 6) is 0.811. The molecule has 1 aliphatic heterocycles. The lowest BCUT2D eigenvalue weighted by molar-refractivity contribution is -0.128. The molecule has 3 rings (SSSR count). The van der Waals surface area contributed by atoms with Gasteiger partial charge in [-0.2, -0.15) is 0 Å². The zero-order valence-corrected chi connectivity index (χ0v) is 15.8. The summed E-state index contributed by atoms with van der Waals surface area (Å²) in [6.07, 6.45) is 0. The monoisotopic (exact) mass is 367 g/mol. The molecule has 3 amide bonds. The predicted molar refractivity (Wildman–Crippen MR) is 103 cm³/mol. The Bertz CT molecular complexity index is 808. The highest BCUT2D eigenvalue weighted by atomic mass is 16.5. The van der Waals surface area contributed by atoms with Gasteiger partial charge in [-0.15, -0.1) is 0 Å². The van der Waals surface area contributed by atoms with Gasteiger partial charge in [0, 0.05) is 32.6 Å². The number of hydrogen-bond donors (Lipinski definition) is 1. The number of carbonyl (C=O) groups excluding carboxylic acids is 2. The summed E-state index contributed by atoms with van der Waals surface area (Å²) < 4.78 is 5.80. The first-order chi connectivity index (χ1) is 13.0. The first-order valence-electron chi connectivity index (χ1n) is 9.06. The second-order valence-corrected chi connectivity index (χ2v) is 6.73. The number of rotatable bonds is 4. The molecular formula is C21H25N3O3. The van der Waals surface area contributed by atoms with Crippen LogP contribution in [0.5, 0.6) is 5.75 Å². The van der Waals surface area contributed by atoms with Crippen LogP contribution in [0.25, 0.3) is 0 Å². The number of urea groups is 1. The van der Waals surface area contributed by atoms with E-state index in [1.54, 1.807) is 23.8 Å². The third kappa shape index (κ3) is 5.00. The summed E-state index contributed by atoms with van der Waals surface area (Å²) in [5.41, 5.74) is 3.03. The summed E-state index contributed by atoms with van der Waals surface area (Å²) in [6, 6.07) is 15.6. The van der Waals surface area contributed by atoms with Crippen LogP contribution in [0.3, 0.4) is 0 Å². The van der Waals surface area contributed by atoms with E-state index in [0.717, 1.165) is 22.4 Å². The van der Waals surface area contributed by atoms with Crippen molar-refractivity contribution in [3.63, 3.8) is 0 Å². The second-order valence-electron chi connectivity index (χ2n) is 6.73. The lowest BCUT2D eigenvalue weighted by Crippen LogP contribution is -2.40. The molecule has 1 aliphatic rings. The van der Waals surface area contributed by atoms with Crippen LogP contribution in [-0.2, 0) is 24.4 Å². The van der Waals surface area contributed by atoms with Gasteiger partial charge in [-0.25, -0.2) is 4.79 Å². The Balaban J connectivity index is 1.66. The van der Waals surface area contributed by atoms with Crippen LogP contribution >= 0.6 is 0 Å². The van der Waals surface area contributed by atoms with Crippen LogP contribution in [0.15, 0.2) is 48.5 Å². The second kappa shape index (κ2) is 8.58. The van der Waals surface area contributed by atoms with Crippen LogP contribution in [-0.4, -0.2) is 41.9 Å². The van der Waals surface area contributed by atoms with Crippen LogP contribution in [0, 0.1) is 0 Å². The minimum Gasteiger partial charge on any atom is -0.491 e. The summed E-state index contributed by atoms with van der Waals surface area (Å²) >= 11 is 0. The molecule has 0 unspecified atom stereocenters. The minimum absolute atomic E-state index is 0.0168. The fraction of sp³-hybridized carbons (Fsp3) is 0.333. The van der Waals surface area contributed by atoms with E-state index >= 15 is 0 Å². The molecule has 2 aromatic carbocycles. The molecule has 0 fully saturated rings. The summed E-state index contributed by atoms with van der Waals surface area (Å²) in [6.45, 7) is 4.03. The van der Waals surface area contributed by atoms with Crippen LogP contribution < -0.4 is 10.1 Å². The third-order valence-electron chi connectivity index (χ3n) is 4.64. The molecule has 0 spiro atoms. The van der Waals surface area contributed by atoms with Crippen molar-refractivity contribution in [1.29, 1.82) is 0 Å². The van der Waals surface area contributed by atoms with Gasteiger partial charge in [0.15, 0.2) is 0 Å². The Kier molecular flexibility index (Phi) is 5.96. The van der Waals surface area contributed by atoms with Gasteiger partial charge in [0.2, 0.25) is 5.91 Å². The number of ether oxygens (including phenoxy) is 1. The Morgan fingerprint density at radius 3 is 2.67 bits per heavy atom. The molecule has 0 aliphatic carbocycles. The smallest absolute Gasteiger partial charge is 0.318 e. The summed E-state index contributed by atoms with van der Waals surface area (Å²) in [4.78, 5) is 27.5. The first kappa shape index (κ1) is 18.8. The lowest BCUT2D eigenvalue weighted by atomic mass is 10.1. The van der Waals surface area contributed by atoms with Gasteiger partial charge in [0.25, 0.3) is 0 Å².